The second-order valence-corrected chi connectivity index (χ2v) is 13.5. The van der Waals surface area contributed by atoms with Gasteiger partial charge in [0.25, 0.3) is 5.91 Å². The van der Waals surface area contributed by atoms with Crippen molar-refractivity contribution in [2.45, 2.75) is 70.1 Å². The molecule has 0 aromatic heterocycles. The zero-order valence-corrected chi connectivity index (χ0v) is 26.4. The molecule has 0 fully saturated rings. The number of hydrogen-bond acceptors (Lipinski definition) is 7. The van der Waals surface area contributed by atoms with Crippen LogP contribution in [0.3, 0.4) is 0 Å². The van der Waals surface area contributed by atoms with Gasteiger partial charge in [-0.15, -0.1) is 0 Å². The van der Waals surface area contributed by atoms with Crippen molar-refractivity contribution in [3.63, 3.8) is 0 Å². The molecule has 1 heterocycles. The maximum absolute atomic E-state index is 14.1. The molecule has 2 aromatic carbocycles. The highest BCUT2D eigenvalue weighted by Gasteiger charge is 2.32. The number of carbonyl (C=O) groups excluding carboxylic acids is 1. The highest BCUT2D eigenvalue weighted by Crippen LogP contribution is 2.29. The molecular formula is C31H47N3O6S. The Morgan fingerprint density at radius 2 is 1.76 bits per heavy atom. The summed E-state index contributed by atoms with van der Waals surface area (Å²) in [6.45, 7) is 8.32. The number of ether oxygens (including phenoxy) is 2. The fourth-order valence-electron chi connectivity index (χ4n) is 4.89. The first kappa shape index (κ1) is 32.8. The third-order valence-electron chi connectivity index (χ3n) is 7.72. The number of anilines is 1. The lowest BCUT2D eigenvalue weighted by Crippen LogP contribution is -2.48. The summed E-state index contributed by atoms with van der Waals surface area (Å²) in [6, 6.07) is 11.9. The largest absolute Gasteiger partial charge is 0.490 e. The minimum Gasteiger partial charge on any atom is -0.490 e. The number of aryl methyl sites for hydroxylation is 1. The second-order valence-electron chi connectivity index (χ2n) is 11.5. The van der Waals surface area contributed by atoms with Crippen LogP contribution in [0.1, 0.15) is 56.0 Å². The summed E-state index contributed by atoms with van der Waals surface area (Å²) in [5, 5.41) is 10.1. The van der Waals surface area contributed by atoms with E-state index in [-0.39, 0.29) is 42.5 Å². The summed E-state index contributed by atoms with van der Waals surface area (Å²) < 4.78 is 40.6. The maximum Gasteiger partial charge on any atom is 0.258 e. The Labute approximate surface area is 246 Å². The lowest BCUT2D eigenvalue weighted by molar-refractivity contribution is -0.00833. The Morgan fingerprint density at radius 1 is 1.07 bits per heavy atom. The predicted molar refractivity (Wildman–Crippen MR) is 162 cm³/mol. The van der Waals surface area contributed by atoms with Crippen molar-refractivity contribution in [3.8, 4) is 5.75 Å². The standard InChI is InChI=1S/C31H47N3O6S/c1-22-11-14-27(15-12-22)41(37,38)33(7)20-30-23(2)19-34(24(3)21-35)31(36)28-18-26(32(5)6)13-16-29(28)40-25(4)10-8-9-17-39-30/h11-16,18,23-25,30,35H,8-10,17,19-21H2,1-7H3/t23-,24+,25+,30+/m0/s1. The minimum absolute atomic E-state index is 0.112. The van der Waals surface area contributed by atoms with Crippen LogP contribution in [0.5, 0.6) is 5.75 Å². The zero-order chi connectivity index (χ0) is 30.3. The number of sulfonamides is 1. The number of aliphatic hydroxyl groups excluding tert-OH is 1. The molecule has 9 nitrogen and oxygen atoms in total. The van der Waals surface area contributed by atoms with E-state index in [1.54, 1.807) is 43.1 Å². The van der Waals surface area contributed by atoms with Crippen molar-refractivity contribution < 1.29 is 27.8 Å². The molecule has 0 radical (unpaired) electrons. The number of fused-ring (bicyclic) bond motifs is 1. The van der Waals surface area contributed by atoms with Gasteiger partial charge in [0.2, 0.25) is 10.0 Å². The molecule has 1 amide bonds. The van der Waals surface area contributed by atoms with Gasteiger partial charge in [-0.1, -0.05) is 24.6 Å². The van der Waals surface area contributed by atoms with E-state index in [1.165, 1.54) is 4.31 Å². The molecule has 1 aliphatic rings. The topological polar surface area (TPSA) is 99.6 Å². The SMILES string of the molecule is Cc1ccc(S(=O)(=O)N(C)C[C@H]2OCCCC[C@@H](C)Oc3ccc(N(C)C)cc3C(=O)N([C@H](C)CO)C[C@@H]2C)cc1. The van der Waals surface area contributed by atoms with Crippen LogP contribution >= 0.6 is 0 Å². The van der Waals surface area contributed by atoms with Gasteiger partial charge in [-0.25, -0.2) is 8.42 Å². The second kappa shape index (κ2) is 14.5. The van der Waals surface area contributed by atoms with E-state index in [0.29, 0.717) is 17.9 Å². The van der Waals surface area contributed by atoms with Crippen molar-refractivity contribution >= 4 is 21.6 Å². The molecule has 0 bridgehead atoms. The molecule has 0 saturated carbocycles. The van der Waals surface area contributed by atoms with Crippen molar-refractivity contribution in [1.29, 1.82) is 0 Å². The van der Waals surface area contributed by atoms with Gasteiger partial charge in [0, 0.05) is 52.4 Å². The molecule has 0 aliphatic carbocycles. The smallest absolute Gasteiger partial charge is 0.258 e. The van der Waals surface area contributed by atoms with Crippen LogP contribution in [0.15, 0.2) is 47.4 Å². The Kier molecular flexibility index (Phi) is 11.6. The van der Waals surface area contributed by atoms with Gasteiger partial charge >= 0.3 is 0 Å². The van der Waals surface area contributed by atoms with E-state index < -0.39 is 22.2 Å². The first-order valence-corrected chi connectivity index (χ1v) is 15.8. The third kappa shape index (κ3) is 8.44. The molecule has 10 heteroatoms. The number of nitrogens with zero attached hydrogens (tertiary/aromatic N) is 3. The molecule has 41 heavy (non-hydrogen) atoms. The first-order chi connectivity index (χ1) is 19.3. The molecule has 3 rings (SSSR count). The average molecular weight is 590 g/mol. The highest BCUT2D eigenvalue weighted by atomic mass is 32.2. The van der Waals surface area contributed by atoms with Crippen molar-refractivity contribution in [1.82, 2.24) is 9.21 Å². The quantitative estimate of drug-likeness (QED) is 0.517. The van der Waals surface area contributed by atoms with E-state index in [0.717, 1.165) is 30.5 Å². The third-order valence-corrected chi connectivity index (χ3v) is 9.56. The maximum atomic E-state index is 14.1. The number of amides is 1. The van der Waals surface area contributed by atoms with E-state index >= 15 is 0 Å². The lowest BCUT2D eigenvalue weighted by atomic mass is 10.0. The predicted octanol–water partition coefficient (Wildman–Crippen LogP) is 4.18. The molecule has 2 aromatic rings. The van der Waals surface area contributed by atoms with Crippen LogP contribution in [0.2, 0.25) is 0 Å². The Bertz CT molecular complexity index is 1250. The number of likely N-dealkylation sites (N-methyl/N-ethyl adjacent to an activating group) is 1. The van der Waals surface area contributed by atoms with Crippen LogP contribution in [0.4, 0.5) is 5.69 Å². The summed E-state index contributed by atoms with van der Waals surface area (Å²) in [5.74, 6) is 0.0392. The van der Waals surface area contributed by atoms with Gasteiger partial charge in [0.05, 0.1) is 35.3 Å². The van der Waals surface area contributed by atoms with Crippen LogP contribution in [-0.2, 0) is 14.8 Å². The minimum atomic E-state index is -3.73. The van der Waals surface area contributed by atoms with Gasteiger partial charge in [-0.2, -0.15) is 4.31 Å². The fourth-order valence-corrected chi connectivity index (χ4v) is 6.08. The van der Waals surface area contributed by atoms with E-state index in [2.05, 4.69) is 0 Å². The van der Waals surface area contributed by atoms with Crippen LogP contribution in [0, 0.1) is 12.8 Å². The summed E-state index contributed by atoms with van der Waals surface area (Å²) in [4.78, 5) is 17.9. The molecule has 4 atom stereocenters. The van der Waals surface area contributed by atoms with Crippen LogP contribution < -0.4 is 9.64 Å². The van der Waals surface area contributed by atoms with Gasteiger partial charge in [0.15, 0.2) is 0 Å². The lowest BCUT2D eigenvalue weighted by Gasteiger charge is -2.35. The monoisotopic (exact) mass is 589 g/mol. The number of rotatable bonds is 7. The molecule has 1 N–H and O–H groups in total. The average Bonchev–Trinajstić information content (AvgIpc) is 2.93. The van der Waals surface area contributed by atoms with Crippen molar-refractivity contribution in [3.05, 3.63) is 53.6 Å². The normalized spacial score (nSPS) is 22.0. The first-order valence-electron chi connectivity index (χ1n) is 14.4. The molecule has 0 spiro atoms. The summed E-state index contributed by atoms with van der Waals surface area (Å²) in [6.07, 6.45) is 1.87. The summed E-state index contributed by atoms with van der Waals surface area (Å²) in [5.41, 5.74) is 2.28. The number of benzene rings is 2. The summed E-state index contributed by atoms with van der Waals surface area (Å²) >= 11 is 0. The molecule has 0 saturated heterocycles. The van der Waals surface area contributed by atoms with E-state index in [1.807, 2.05) is 58.0 Å². The van der Waals surface area contributed by atoms with Crippen molar-refractivity contribution in [2.75, 3.05) is 52.3 Å². The highest BCUT2D eigenvalue weighted by molar-refractivity contribution is 7.89. The number of carbonyl (C=O) groups is 1. The molecule has 1 aliphatic heterocycles. The van der Waals surface area contributed by atoms with Gasteiger partial charge in [0.1, 0.15) is 5.75 Å². The van der Waals surface area contributed by atoms with Crippen LogP contribution in [0.25, 0.3) is 0 Å². The van der Waals surface area contributed by atoms with Gasteiger partial charge < -0.3 is 24.4 Å². The van der Waals surface area contributed by atoms with Gasteiger partial charge in [-0.05, 0) is 70.4 Å². The van der Waals surface area contributed by atoms with Crippen LogP contribution in [-0.4, -0.2) is 94.3 Å². The number of hydrogen-bond donors (Lipinski definition) is 1. The Hall–Kier alpha value is -2.66. The molecule has 0 unspecified atom stereocenters. The molecule has 228 valence electrons. The van der Waals surface area contributed by atoms with E-state index in [4.69, 9.17) is 9.47 Å². The van der Waals surface area contributed by atoms with E-state index in [9.17, 15) is 18.3 Å². The number of aliphatic hydroxyl groups is 1. The summed E-state index contributed by atoms with van der Waals surface area (Å²) in [7, 11) is 1.66. The van der Waals surface area contributed by atoms with Gasteiger partial charge in [-0.3, -0.25) is 4.79 Å². The van der Waals surface area contributed by atoms with Crippen molar-refractivity contribution in [2.24, 2.45) is 5.92 Å². The Balaban J connectivity index is 1.96. The zero-order valence-electron chi connectivity index (χ0n) is 25.5. The Morgan fingerprint density at radius 3 is 2.39 bits per heavy atom. The fraction of sp³-hybridized carbons (Fsp3) is 0.581. The molecular weight excluding hydrogens is 542 g/mol.